The second kappa shape index (κ2) is 13.6. The van der Waals surface area contributed by atoms with E-state index in [4.69, 9.17) is 18.9 Å². The van der Waals surface area contributed by atoms with Gasteiger partial charge in [0, 0.05) is 29.9 Å². The molecule has 0 amide bonds. The maximum Gasteiger partial charge on any atom is 0.184 e. The monoisotopic (exact) mass is 480 g/mol. The molecule has 0 radical (unpaired) electrons. The molecule has 0 unspecified atom stereocenters. The first kappa shape index (κ1) is 27.2. The molecular weight excluding hydrogens is 440 g/mol. The van der Waals surface area contributed by atoms with Gasteiger partial charge < -0.3 is 24.1 Å². The predicted molar refractivity (Wildman–Crippen MR) is 139 cm³/mol. The van der Waals surface area contributed by atoms with Crippen LogP contribution in [0.2, 0.25) is 0 Å². The van der Waals surface area contributed by atoms with Crippen LogP contribution in [0.1, 0.15) is 45.1 Å². The number of aliphatic hydroxyl groups excluding tert-OH is 1. The van der Waals surface area contributed by atoms with Gasteiger partial charge in [-0.2, -0.15) is 0 Å². The average Bonchev–Trinajstić information content (AvgIpc) is 2.89. The maximum absolute atomic E-state index is 9.82. The number of aliphatic hydroxyl groups is 1. The van der Waals surface area contributed by atoms with Gasteiger partial charge in [0.2, 0.25) is 0 Å². The van der Waals surface area contributed by atoms with Crippen molar-refractivity contribution < 1.29 is 24.1 Å². The first-order chi connectivity index (χ1) is 16.9. The Morgan fingerprint density at radius 2 is 1.83 bits per heavy atom. The first-order valence-corrected chi connectivity index (χ1v) is 12.4. The lowest BCUT2D eigenvalue weighted by Crippen LogP contribution is -2.33. The predicted octanol–water partition coefficient (Wildman–Crippen LogP) is 6.10. The van der Waals surface area contributed by atoms with Crippen molar-refractivity contribution in [3.8, 4) is 5.75 Å². The van der Waals surface area contributed by atoms with Crippen LogP contribution in [0.4, 0.5) is 0 Å². The molecule has 1 heterocycles. The smallest absolute Gasteiger partial charge is 0.184 e. The van der Waals surface area contributed by atoms with Crippen molar-refractivity contribution in [2.45, 2.75) is 52.8 Å². The highest BCUT2D eigenvalue weighted by Gasteiger charge is 2.28. The van der Waals surface area contributed by atoms with E-state index in [0.717, 1.165) is 22.4 Å². The minimum atomic E-state index is -0.341. The van der Waals surface area contributed by atoms with Gasteiger partial charge in [-0.3, -0.25) is 0 Å². The van der Waals surface area contributed by atoms with E-state index in [9.17, 15) is 5.11 Å². The van der Waals surface area contributed by atoms with Gasteiger partial charge in [-0.05, 0) is 24.6 Å². The van der Waals surface area contributed by atoms with Crippen LogP contribution in [0, 0.1) is 17.8 Å². The van der Waals surface area contributed by atoms with Crippen molar-refractivity contribution in [3.05, 3.63) is 89.5 Å². The Kier molecular flexibility index (Phi) is 10.5. The minimum absolute atomic E-state index is 0.0155. The number of methoxy groups -OCH3 is 1. The van der Waals surface area contributed by atoms with E-state index < -0.39 is 0 Å². The molecule has 6 atom stereocenters. The number of rotatable bonds is 11. The molecule has 2 aromatic carbocycles. The van der Waals surface area contributed by atoms with E-state index in [1.807, 2.05) is 61.5 Å². The molecule has 1 fully saturated rings. The fourth-order valence-corrected chi connectivity index (χ4v) is 4.33. The number of allylic oxidation sites excluding steroid dienone is 2. The van der Waals surface area contributed by atoms with E-state index >= 15 is 0 Å². The highest BCUT2D eigenvalue weighted by molar-refractivity contribution is 5.26. The zero-order chi connectivity index (χ0) is 25.2. The summed E-state index contributed by atoms with van der Waals surface area (Å²) in [7, 11) is 1.66. The lowest BCUT2D eigenvalue weighted by atomic mass is 9.91. The summed E-state index contributed by atoms with van der Waals surface area (Å²) >= 11 is 0. The number of benzene rings is 2. The topological polar surface area (TPSA) is 57.2 Å². The zero-order valence-corrected chi connectivity index (χ0v) is 21.6. The van der Waals surface area contributed by atoms with E-state index in [-0.39, 0.29) is 42.9 Å². The summed E-state index contributed by atoms with van der Waals surface area (Å²) in [5.41, 5.74) is 3.25. The van der Waals surface area contributed by atoms with Gasteiger partial charge in [-0.15, -0.1) is 0 Å². The third-order valence-corrected chi connectivity index (χ3v) is 6.47. The summed E-state index contributed by atoms with van der Waals surface area (Å²) in [6.45, 7) is 9.62. The standard InChI is InChI=1S/C30H40O5/c1-21(11-16-28-24(4)19-34-30(35-28)26-9-7-6-8-10-26)17-22(2)29(23(3)18-31)33-20-25-12-14-27(32-5)15-13-25/h6-17,22-24,28-31H,18-20H2,1-5H3/b16-11+,21-17+/t22-,23-,24+,28-,29+,30+/m0/s1. The van der Waals surface area contributed by atoms with E-state index in [1.54, 1.807) is 7.11 Å². The van der Waals surface area contributed by atoms with E-state index in [1.165, 1.54) is 0 Å². The van der Waals surface area contributed by atoms with Crippen LogP contribution in [0.5, 0.6) is 5.75 Å². The zero-order valence-electron chi connectivity index (χ0n) is 21.6. The molecule has 1 saturated heterocycles. The van der Waals surface area contributed by atoms with Crippen molar-refractivity contribution in [1.82, 2.24) is 0 Å². The molecule has 35 heavy (non-hydrogen) atoms. The van der Waals surface area contributed by atoms with Crippen LogP contribution >= 0.6 is 0 Å². The Labute approximate surface area is 210 Å². The molecule has 1 aliphatic rings. The Morgan fingerprint density at radius 1 is 1.11 bits per heavy atom. The molecule has 190 valence electrons. The molecule has 0 saturated carbocycles. The molecule has 1 N–H and O–H groups in total. The highest BCUT2D eigenvalue weighted by Crippen LogP contribution is 2.30. The van der Waals surface area contributed by atoms with Crippen LogP contribution in [0.3, 0.4) is 0 Å². The fourth-order valence-electron chi connectivity index (χ4n) is 4.33. The van der Waals surface area contributed by atoms with Crippen molar-refractivity contribution in [2.24, 2.45) is 17.8 Å². The lowest BCUT2D eigenvalue weighted by Gasteiger charge is -2.33. The quantitative estimate of drug-likeness (QED) is 0.394. The summed E-state index contributed by atoms with van der Waals surface area (Å²) in [4.78, 5) is 0. The van der Waals surface area contributed by atoms with Gasteiger partial charge in [0.1, 0.15) is 5.75 Å². The highest BCUT2D eigenvalue weighted by atomic mass is 16.7. The lowest BCUT2D eigenvalue weighted by molar-refractivity contribution is -0.225. The van der Waals surface area contributed by atoms with Crippen LogP contribution < -0.4 is 4.74 Å². The average molecular weight is 481 g/mol. The van der Waals surface area contributed by atoms with Gasteiger partial charge >= 0.3 is 0 Å². The Balaban J connectivity index is 1.62. The van der Waals surface area contributed by atoms with Crippen LogP contribution in [0.25, 0.3) is 0 Å². The second-order valence-corrected chi connectivity index (χ2v) is 9.57. The largest absolute Gasteiger partial charge is 0.497 e. The number of ether oxygens (including phenoxy) is 4. The van der Waals surface area contributed by atoms with Crippen LogP contribution in [-0.4, -0.2) is 37.6 Å². The Bertz CT molecular complexity index is 937. The molecule has 0 aromatic heterocycles. The van der Waals surface area contributed by atoms with Crippen LogP contribution in [-0.2, 0) is 20.8 Å². The van der Waals surface area contributed by atoms with Crippen molar-refractivity contribution in [1.29, 1.82) is 0 Å². The molecule has 0 spiro atoms. The summed E-state index contributed by atoms with van der Waals surface area (Å²) in [5.74, 6) is 1.24. The second-order valence-electron chi connectivity index (χ2n) is 9.57. The molecule has 2 aromatic rings. The van der Waals surface area contributed by atoms with E-state index in [2.05, 4.69) is 39.0 Å². The van der Waals surface area contributed by atoms with Crippen molar-refractivity contribution in [2.75, 3.05) is 20.3 Å². The SMILES string of the molecule is COc1ccc(CO[C@H]([C@@H](C)/C=C(C)/C=C/[C@@H]2O[C@H](c3ccccc3)OC[C@H]2C)[C@@H](C)CO)cc1. The Hall–Kier alpha value is -2.44. The third kappa shape index (κ3) is 8.04. The molecule has 5 heteroatoms. The van der Waals surface area contributed by atoms with Gasteiger partial charge in [0.05, 0.1) is 32.5 Å². The number of hydrogen-bond acceptors (Lipinski definition) is 5. The van der Waals surface area contributed by atoms with E-state index in [0.29, 0.717) is 13.2 Å². The Morgan fingerprint density at radius 3 is 2.49 bits per heavy atom. The summed E-state index contributed by atoms with van der Waals surface area (Å²) in [5, 5.41) is 9.82. The van der Waals surface area contributed by atoms with Gasteiger partial charge in [-0.25, -0.2) is 0 Å². The third-order valence-electron chi connectivity index (χ3n) is 6.47. The van der Waals surface area contributed by atoms with Gasteiger partial charge in [-0.1, -0.05) is 87.0 Å². The fraction of sp³-hybridized carbons (Fsp3) is 0.467. The summed E-state index contributed by atoms with van der Waals surface area (Å²) in [6, 6.07) is 17.9. The van der Waals surface area contributed by atoms with Crippen LogP contribution in [0.15, 0.2) is 78.4 Å². The van der Waals surface area contributed by atoms with Crippen molar-refractivity contribution in [3.63, 3.8) is 0 Å². The molecule has 5 nitrogen and oxygen atoms in total. The molecule has 3 rings (SSSR count). The molecule has 0 bridgehead atoms. The van der Waals surface area contributed by atoms with Crippen molar-refractivity contribution >= 4 is 0 Å². The molecule has 0 aliphatic carbocycles. The normalized spacial score (nSPS) is 23.7. The number of hydrogen-bond donors (Lipinski definition) is 1. The minimum Gasteiger partial charge on any atom is -0.497 e. The van der Waals surface area contributed by atoms with Gasteiger partial charge in [0.15, 0.2) is 6.29 Å². The molecule has 1 aliphatic heterocycles. The van der Waals surface area contributed by atoms with Gasteiger partial charge in [0.25, 0.3) is 0 Å². The first-order valence-electron chi connectivity index (χ1n) is 12.4. The summed E-state index contributed by atoms with van der Waals surface area (Å²) < 4.78 is 23.7. The molecular formula is C30H40O5. The maximum atomic E-state index is 9.82. The summed E-state index contributed by atoms with van der Waals surface area (Å²) in [6.07, 6.45) is 5.99.